The number of carboxylic acid groups (broad SMARTS) is 1. The lowest BCUT2D eigenvalue weighted by Gasteiger charge is -2.11. The van der Waals surface area contributed by atoms with Gasteiger partial charge < -0.3 is 15.4 Å². The fourth-order valence-corrected chi connectivity index (χ4v) is 1.80. The van der Waals surface area contributed by atoms with Gasteiger partial charge in [0.15, 0.2) is 11.4 Å². The molecule has 0 aliphatic rings. The lowest BCUT2D eigenvalue weighted by molar-refractivity contribution is 0.0684. The number of H-pyrrole nitrogens is 1. The predicted molar refractivity (Wildman–Crippen MR) is 60.9 cm³/mol. The molecule has 0 aromatic carbocycles. The molecule has 0 aliphatic heterocycles. The molecule has 0 aliphatic carbocycles. The molecular formula is C9H13N3O3S. The Morgan fingerprint density at radius 3 is 2.94 bits per heavy atom. The van der Waals surface area contributed by atoms with Crippen molar-refractivity contribution in [2.24, 2.45) is 0 Å². The van der Waals surface area contributed by atoms with Crippen LogP contribution in [0.2, 0.25) is 0 Å². The van der Waals surface area contributed by atoms with Crippen LogP contribution in [-0.2, 0) is 0 Å². The van der Waals surface area contributed by atoms with Gasteiger partial charge >= 0.3 is 5.97 Å². The van der Waals surface area contributed by atoms with Crippen LogP contribution in [0.4, 0.5) is 0 Å². The van der Waals surface area contributed by atoms with E-state index in [0.29, 0.717) is 0 Å². The van der Waals surface area contributed by atoms with Gasteiger partial charge in [0.1, 0.15) is 0 Å². The SMILES string of the molecule is CSCC(C)NC(=O)c1nc[nH]c1C(=O)O. The van der Waals surface area contributed by atoms with Gasteiger partial charge in [0.25, 0.3) is 5.91 Å². The number of hydrogen-bond acceptors (Lipinski definition) is 4. The molecule has 1 rings (SSSR count). The van der Waals surface area contributed by atoms with Gasteiger partial charge in [0.05, 0.1) is 6.33 Å². The number of carbonyl (C=O) groups excluding carboxylic acids is 1. The summed E-state index contributed by atoms with van der Waals surface area (Å²) in [6.07, 6.45) is 3.12. The maximum atomic E-state index is 11.7. The zero-order valence-electron chi connectivity index (χ0n) is 8.98. The van der Waals surface area contributed by atoms with Crippen molar-refractivity contribution in [3.63, 3.8) is 0 Å². The summed E-state index contributed by atoms with van der Waals surface area (Å²) in [5.41, 5.74) is -0.269. The minimum atomic E-state index is -1.19. The Morgan fingerprint density at radius 2 is 2.38 bits per heavy atom. The molecule has 88 valence electrons. The fourth-order valence-electron chi connectivity index (χ4n) is 1.21. The van der Waals surface area contributed by atoms with Crippen LogP contribution >= 0.6 is 11.8 Å². The Labute approximate surface area is 96.8 Å². The van der Waals surface area contributed by atoms with E-state index < -0.39 is 11.9 Å². The van der Waals surface area contributed by atoms with Crippen LogP contribution in [0.15, 0.2) is 6.33 Å². The molecule has 1 aromatic rings. The first-order chi connectivity index (χ1) is 7.56. The molecule has 1 heterocycles. The van der Waals surface area contributed by atoms with Crippen molar-refractivity contribution in [2.45, 2.75) is 13.0 Å². The van der Waals surface area contributed by atoms with Gasteiger partial charge in [-0.3, -0.25) is 4.79 Å². The average Bonchev–Trinajstić information content (AvgIpc) is 2.65. The summed E-state index contributed by atoms with van der Waals surface area (Å²) in [6.45, 7) is 1.85. The quantitative estimate of drug-likeness (QED) is 0.703. The first-order valence-electron chi connectivity index (χ1n) is 4.62. The molecule has 0 fully saturated rings. The van der Waals surface area contributed by atoms with Gasteiger partial charge in [0, 0.05) is 11.8 Å². The molecule has 16 heavy (non-hydrogen) atoms. The molecule has 0 radical (unpaired) electrons. The Morgan fingerprint density at radius 1 is 1.69 bits per heavy atom. The summed E-state index contributed by atoms with van der Waals surface area (Å²) in [4.78, 5) is 28.5. The van der Waals surface area contributed by atoms with E-state index in [9.17, 15) is 9.59 Å². The summed E-state index contributed by atoms with van der Waals surface area (Å²) < 4.78 is 0. The van der Waals surface area contributed by atoms with Gasteiger partial charge in [-0.15, -0.1) is 0 Å². The van der Waals surface area contributed by atoms with Gasteiger partial charge in [-0.1, -0.05) is 0 Å². The number of aromatic carboxylic acids is 1. The van der Waals surface area contributed by atoms with E-state index in [1.165, 1.54) is 6.33 Å². The standard InChI is InChI=1S/C9H13N3O3S/c1-5(3-16-2)12-8(13)6-7(9(14)15)11-4-10-6/h4-5H,3H2,1-2H3,(H,10,11)(H,12,13)(H,14,15). The monoisotopic (exact) mass is 243 g/mol. The largest absolute Gasteiger partial charge is 0.477 e. The molecule has 1 aromatic heterocycles. The number of nitrogens with one attached hydrogen (secondary N) is 2. The number of aromatic nitrogens is 2. The summed E-state index contributed by atoms with van der Waals surface area (Å²) in [5, 5.41) is 11.5. The van der Waals surface area contributed by atoms with Crippen molar-refractivity contribution in [3.8, 4) is 0 Å². The van der Waals surface area contributed by atoms with E-state index in [2.05, 4.69) is 15.3 Å². The van der Waals surface area contributed by atoms with E-state index in [-0.39, 0.29) is 17.4 Å². The van der Waals surface area contributed by atoms with E-state index >= 15 is 0 Å². The average molecular weight is 243 g/mol. The van der Waals surface area contributed by atoms with Crippen molar-refractivity contribution < 1.29 is 14.7 Å². The maximum Gasteiger partial charge on any atom is 0.354 e. The Bertz CT molecular complexity index is 391. The number of amides is 1. The minimum absolute atomic E-state index is 0.0270. The van der Waals surface area contributed by atoms with Gasteiger partial charge in [-0.2, -0.15) is 11.8 Å². The van der Waals surface area contributed by atoms with Crippen molar-refractivity contribution >= 4 is 23.6 Å². The van der Waals surface area contributed by atoms with E-state index in [4.69, 9.17) is 5.11 Å². The molecule has 0 saturated heterocycles. The number of thioether (sulfide) groups is 1. The van der Waals surface area contributed by atoms with Crippen molar-refractivity contribution in [1.82, 2.24) is 15.3 Å². The highest BCUT2D eigenvalue weighted by atomic mass is 32.2. The number of hydrogen-bond donors (Lipinski definition) is 3. The second-order valence-electron chi connectivity index (χ2n) is 3.26. The second-order valence-corrected chi connectivity index (χ2v) is 4.17. The van der Waals surface area contributed by atoms with Crippen LogP contribution in [0, 0.1) is 0 Å². The maximum absolute atomic E-state index is 11.7. The number of nitrogens with zero attached hydrogens (tertiary/aromatic N) is 1. The van der Waals surface area contributed by atoms with E-state index in [1.54, 1.807) is 11.8 Å². The number of imidazole rings is 1. The number of aromatic amines is 1. The fraction of sp³-hybridized carbons (Fsp3) is 0.444. The Balaban J connectivity index is 2.73. The molecule has 0 spiro atoms. The molecule has 0 bridgehead atoms. The lowest BCUT2D eigenvalue weighted by Crippen LogP contribution is -2.35. The van der Waals surface area contributed by atoms with Crippen LogP contribution < -0.4 is 5.32 Å². The Hall–Kier alpha value is -1.50. The van der Waals surface area contributed by atoms with E-state index in [1.807, 2.05) is 13.2 Å². The van der Waals surface area contributed by atoms with E-state index in [0.717, 1.165) is 5.75 Å². The number of carbonyl (C=O) groups is 2. The zero-order chi connectivity index (χ0) is 12.1. The van der Waals surface area contributed by atoms with Crippen molar-refractivity contribution in [3.05, 3.63) is 17.7 Å². The van der Waals surface area contributed by atoms with Gasteiger partial charge in [0.2, 0.25) is 0 Å². The third-order valence-corrected chi connectivity index (χ3v) is 2.70. The topological polar surface area (TPSA) is 95.1 Å². The third kappa shape index (κ3) is 2.99. The summed E-state index contributed by atoms with van der Waals surface area (Å²) >= 11 is 1.60. The lowest BCUT2D eigenvalue weighted by atomic mass is 10.3. The number of rotatable bonds is 5. The highest BCUT2D eigenvalue weighted by Gasteiger charge is 2.20. The normalized spacial score (nSPS) is 12.1. The minimum Gasteiger partial charge on any atom is -0.477 e. The number of carboxylic acids is 1. The highest BCUT2D eigenvalue weighted by Crippen LogP contribution is 2.04. The van der Waals surface area contributed by atoms with Gasteiger partial charge in [-0.05, 0) is 13.2 Å². The Kier molecular flexibility index (Phi) is 4.36. The first kappa shape index (κ1) is 12.6. The van der Waals surface area contributed by atoms with Crippen LogP contribution in [0.1, 0.15) is 27.9 Å². The highest BCUT2D eigenvalue weighted by molar-refractivity contribution is 7.98. The summed E-state index contributed by atoms with van der Waals surface area (Å²) in [7, 11) is 0. The summed E-state index contributed by atoms with van der Waals surface area (Å²) in [5.74, 6) is -0.904. The van der Waals surface area contributed by atoms with Gasteiger partial charge in [-0.25, -0.2) is 9.78 Å². The molecule has 0 saturated carbocycles. The van der Waals surface area contributed by atoms with Crippen LogP contribution in [0.3, 0.4) is 0 Å². The zero-order valence-corrected chi connectivity index (χ0v) is 9.80. The predicted octanol–water partition coefficient (Wildman–Crippen LogP) is 0.589. The summed E-state index contributed by atoms with van der Waals surface area (Å²) in [6, 6.07) is -0.0270. The van der Waals surface area contributed by atoms with Crippen molar-refractivity contribution in [2.75, 3.05) is 12.0 Å². The van der Waals surface area contributed by atoms with Crippen molar-refractivity contribution in [1.29, 1.82) is 0 Å². The first-order valence-corrected chi connectivity index (χ1v) is 6.02. The molecule has 7 heteroatoms. The molecule has 6 nitrogen and oxygen atoms in total. The molecule has 1 atom stereocenters. The van der Waals surface area contributed by atoms with Crippen LogP contribution in [0.25, 0.3) is 0 Å². The van der Waals surface area contributed by atoms with Crippen LogP contribution in [0.5, 0.6) is 0 Å². The molecule has 1 amide bonds. The molecule has 1 unspecified atom stereocenters. The third-order valence-electron chi connectivity index (χ3n) is 1.86. The van der Waals surface area contributed by atoms with Crippen LogP contribution in [-0.4, -0.2) is 45.0 Å². The second kappa shape index (κ2) is 5.55. The molecule has 3 N–H and O–H groups in total. The molecular weight excluding hydrogens is 230 g/mol. The smallest absolute Gasteiger partial charge is 0.354 e.